The van der Waals surface area contributed by atoms with Gasteiger partial charge >= 0.3 is 6.18 Å². The molecule has 18 heavy (non-hydrogen) atoms. The van der Waals surface area contributed by atoms with Crippen molar-refractivity contribution >= 4 is 33.3 Å². The molecule has 1 unspecified atom stereocenters. The fourth-order valence-corrected chi connectivity index (χ4v) is 1.85. The summed E-state index contributed by atoms with van der Waals surface area (Å²) in [5, 5.41) is -0.0859. The van der Waals surface area contributed by atoms with E-state index in [0.29, 0.717) is 17.4 Å². The molecule has 1 aromatic rings. The average molecular weight is 346 g/mol. The van der Waals surface area contributed by atoms with Gasteiger partial charge < -0.3 is 4.90 Å². The third-order valence-corrected chi connectivity index (χ3v) is 3.01. The molecule has 102 valence electrons. The van der Waals surface area contributed by atoms with Crippen molar-refractivity contribution in [2.45, 2.75) is 24.9 Å². The van der Waals surface area contributed by atoms with Crippen LogP contribution in [-0.4, -0.2) is 24.0 Å². The Bertz CT molecular complexity index is 410. The normalized spacial score (nSPS) is 13.5. The minimum absolute atomic E-state index is 0.0805. The van der Waals surface area contributed by atoms with Crippen LogP contribution in [0.4, 0.5) is 19.0 Å². The van der Waals surface area contributed by atoms with E-state index in [0.717, 1.165) is 6.07 Å². The molecule has 0 aliphatic heterocycles. The Morgan fingerprint density at radius 1 is 1.50 bits per heavy atom. The molecule has 0 saturated heterocycles. The van der Waals surface area contributed by atoms with Gasteiger partial charge in [0, 0.05) is 29.6 Å². The van der Waals surface area contributed by atoms with E-state index in [9.17, 15) is 13.2 Å². The highest BCUT2D eigenvalue weighted by molar-refractivity contribution is 9.10. The summed E-state index contributed by atoms with van der Waals surface area (Å²) in [5.41, 5.74) is -0.749. The van der Waals surface area contributed by atoms with Crippen molar-refractivity contribution in [1.82, 2.24) is 4.98 Å². The Morgan fingerprint density at radius 3 is 2.61 bits per heavy atom. The molecule has 1 heterocycles. The van der Waals surface area contributed by atoms with Crippen LogP contribution in [0.2, 0.25) is 0 Å². The van der Waals surface area contributed by atoms with Crippen molar-refractivity contribution in [3.8, 4) is 0 Å². The Labute approximate surface area is 117 Å². The molecule has 1 aromatic heterocycles. The van der Waals surface area contributed by atoms with Gasteiger partial charge in [0.1, 0.15) is 5.82 Å². The van der Waals surface area contributed by atoms with Gasteiger partial charge in [-0.25, -0.2) is 4.98 Å². The molecule has 1 rings (SSSR count). The second-order valence-electron chi connectivity index (χ2n) is 4.01. The van der Waals surface area contributed by atoms with Crippen LogP contribution in [0.15, 0.2) is 16.7 Å². The van der Waals surface area contributed by atoms with E-state index in [4.69, 9.17) is 11.6 Å². The molecule has 7 heteroatoms. The SMILES string of the molecule is CC(Cl)CCN(C)c1ncc(Br)cc1C(F)(F)F. The zero-order valence-corrected chi connectivity index (χ0v) is 12.3. The van der Waals surface area contributed by atoms with E-state index in [1.807, 2.05) is 0 Å². The highest BCUT2D eigenvalue weighted by Gasteiger charge is 2.35. The molecule has 0 aliphatic rings. The smallest absolute Gasteiger partial charge is 0.359 e. The first kappa shape index (κ1) is 15.6. The van der Waals surface area contributed by atoms with E-state index < -0.39 is 11.7 Å². The summed E-state index contributed by atoms with van der Waals surface area (Å²) in [4.78, 5) is 5.30. The van der Waals surface area contributed by atoms with Crippen LogP contribution >= 0.6 is 27.5 Å². The predicted molar refractivity (Wildman–Crippen MR) is 70.1 cm³/mol. The van der Waals surface area contributed by atoms with Crippen molar-refractivity contribution in [2.75, 3.05) is 18.5 Å². The summed E-state index contributed by atoms with van der Waals surface area (Å²) in [7, 11) is 1.57. The number of pyridine rings is 1. The molecule has 0 radical (unpaired) electrons. The molecule has 0 bridgehead atoms. The zero-order valence-electron chi connectivity index (χ0n) is 9.93. The molecule has 1 atom stereocenters. The minimum Gasteiger partial charge on any atom is -0.359 e. The summed E-state index contributed by atoms with van der Waals surface area (Å²) < 4.78 is 38.9. The lowest BCUT2D eigenvalue weighted by Gasteiger charge is -2.22. The van der Waals surface area contributed by atoms with Gasteiger partial charge in [-0.3, -0.25) is 0 Å². The molecular weight excluding hydrogens is 332 g/mol. The molecule has 0 aliphatic carbocycles. The summed E-state index contributed by atoms with van der Waals surface area (Å²) in [6.07, 6.45) is -2.48. The molecule has 0 spiro atoms. The summed E-state index contributed by atoms with van der Waals surface area (Å²) in [6, 6.07) is 1.03. The predicted octanol–water partition coefficient (Wildman–Crippen LogP) is 4.32. The summed E-state index contributed by atoms with van der Waals surface area (Å²) in [5.74, 6) is -0.0805. The number of hydrogen-bond donors (Lipinski definition) is 0. The average Bonchev–Trinajstić information content (AvgIpc) is 2.24. The van der Waals surface area contributed by atoms with Crippen molar-refractivity contribution in [3.63, 3.8) is 0 Å². The standard InChI is InChI=1S/C11H13BrClF3N2/c1-7(13)3-4-18(2)10-9(11(14,15)16)5-8(12)6-17-10/h5-7H,3-4H2,1-2H3. The highest BCUT2D eigenvalue weighted by Crippen LogP contribution is 2.36. The van der Waals surface area contributed by atoms with Gasteiger partial charge in [-0.15, -0.1) is 11.6 Å². The molecule has 2 nitrogen and oxygen atoms in total. The van der Waals surface area contributed by atoms with Crippen molar-refractivity contribution in [1.29, 1.82) is 0 Å². The maximum absolute atomic E-state index is 12.9. The van der Waals surface area contributed by atoms with Crippen LogP contribution in [0.1, 0.15) is 18.9 Å². The second kappa shape index (κ2) is 6.10. The number of hydrogen-bond acceptors (Lipinski definition) is 2. The van der Waals surface area contributed by atoms with Gasteiger partial charge in [0.2, 0.25) is 0 Å². The van der Waals surface area contributed by atoms with E-state index in [1.54, 1.807) is 14.0 Å². The fourth-order valence-electron chi connectivity index (χ4n) is 1.42. The quantitative estimate of drug-likeness (QED) is 0.756. The van der Waals surface area contributed by atoms with Gasteiger partial charge in [-0.2, -0.15) is 13.2 Å². The van der Waals surface area contributed by atoms with Crippen LogP contribution in [0.25, 0.3) is 0 Å². The zero-order chi connectivity index (χ0) is 13.9. The molecular formula is C11H13BrClF3N2. The lowest BCUT2D eigenvalue weighted by molar-refractivity contribution is -0.137. The van der Waals surface area contributed by atoms with Gasteiger partial charge in [-0.05, 0) is 35.3 Å². The van der Waals surface area contributed by atoms with Crippen LogP contribution in [0, 0.1) is 0 Å². The Morgan fingerprint density at radius 2 is 2.11 bits per heavy atom. The van der Waals surface area contributed by atoms with Gasteiger partial charge in [0.25, 0.3) is 0 Å². The third-order valence-electron chi connectivity index (χ3n) is 2.36. The fraction of sp³-hybridized carbons (Fsp3) is 0.545. The maximum atomic E-state index is 12.9. The number of anilines is 1. The summed E-state index contributed by atoms with van der Waals surface area (Å²) >= 11 is 8.79. The molecule has 0 aromatic carbocycles. The maximum Gasteiger partial charge on any atom is 0.419 e. The van der Waals surface area contributed by atoms with Crippen LogP contribution in [0.5, 0.6) is 0 Å². The monoisotopic (exact) mass is 344 g/mol. The van der Waals surface area contributed by atoms with E-state index >= 15 is 0 Å². The Balaban J connectivity index is 3.00. The number of aromatic nitrogens is 1. The van der Waals surface area contributed by atoms with Crippen molar-refractivity contribution < 1.29 is 13.2 Å². The van der Waals surface area contributed by atoms with Crippen LogP contribution in [-0.2, 0) is 6.18 Å². The first-order valence-electron chi connectivity index (χ1n) is 5.29. The highest BCUT2D eigenvalue weighted by atomic mass is 79.9. The molecule has 0 saturated carbocycles. The van der Waals surface area contributed by atoms with Crippen LogP contribution < -0.4 is 4.90 Å². The topological polar surface area (TPSA) is 16.1 Å². The molecule has 0 N–H and O–H groups in total. The number of nitrogens with zero attached hydrogens (tertiary/aromatic N) is 2. The van der Waals surface area contributed by atoms with Crippen LogP contribution in [0.3, 0.4) is 0 Å². The van der Waals surface area contributed by atoms with Crippen molar-refractivity contribution in [3.05, 3.63) is 22.3 Å². The first-order valence-corrected chi connectivity index (χ1v) is 6.52. The largest absolute Gasteiger partial charge is 0.419 e. The minimum atomic E-state index is -4.42. The van der Waals surface area contributed by atoms with E-state index in [1.165, 1.54) is 11.1 Å². The van der Waals surface area contributed by atoms with E-state index in [2.05, 4.69) is 20.9 Å². The molecule has 0 amide bonds. The van der Waals surface area contributed by atoms with Gasteiger partial charge in [0.05, 0.1) is 5.56 Å². The third kappa shape index (κ3) is 4.31. The number of alkyl halides is 4. The molecule has 0 fully saturated rings. The summed E-state index contributed by atoms with van der Waals surface area (Å²) in [6.45, 7) is 2.22. The first-order chi connectivity index (χ1) is 8.21. The van der Waals surface area contributed by atoms with Crippen molar-refractivity contribution in [2.24, 2.45) is 0 Å². The Kier molecular flexibility index (Phi) is 5.28. The van der Waals surface area contributed by atoms with Gasteiger partial charge in [0.15, 0.2) is 0 Å². The lowest BCUT2D eigenvalue weighted by Crippen LogP contribution is -2.25. The second-order valence-corrected chi connectivity index (χ2v) is 5.67. The lowest BCUT2D eigenvalue weighted by atomic mass is 10.2. The van der Waals surface area contributed by atoms with Gasteiger partial charge in [-0.1, -0.05) is 0 Å². The van der Waals surface area contributed by atoms with E-state index in [-0.39, 0.29) is 11.2 Å². The Hall–Kier alpha value is -0.490. The number of halogens is 5. The number of rotatable bonds is 4.